The van der Waals surface area contributed by atoms with Gasteiger partial charge >= 0.3 is 0 Å². The summed E-state index contributed by atoms with van der Waals surface area (Å²) in [7, 11) is 1.73. The third-order valence-electron chi connectivity index (χ3n) is 6.25. The Morgan fingerprint density at radius 2 is 2.03 bits per heavy atom. The topological polar surface area (TPSA) is 69.1 Å². The number of anilines is 1. The average molecular weight is 405 g/mol. The number of nitrogens with zero attached hydrogens (tertiary/aromatic N) is 2. The van der Waals surface area contributed by atoms with E-state index in [-0.39, 0.29) is 12.0 Å². The van der Waals surface area contributed by atoms with Crippen molar-refractivity contribution < 1.29 is 9.84 Å². The van der Waals surface area contributed by atoms with Crippen molar-refractivity contribution in [2.45, 2.75) is 58.9 Å². The van der Waals surface area contributed by atoms with Crippen molar-refractivity contribution in [2.24, 2.45) is 10.4 Å². The van der Waals surface area contributed by atoms with E-state index in [2.05, 4.69) is 48.4 Å². The van der Waals surface area contributed by atoms with Gasteiger partial charge < -0.3 is 25.4 Å². The van der Waals surface area contributed by atoms with Gasteiger partial charge in [0.2, 0.25) is 0 Å². The fraction of sp³-hybridized carbons (Fsp3) is 0.696. The smallest absolute Gasteiger partial charge is 0.191 e. The van der Waals surface area contributed by atoms with Crippen LogP contribution in [0, 0.1) is 5.41 Å². The second kappa shape index (κ2) is 11.9. The molecular formula is C23H40N4O2. The van der Waals surface area contributed by atoms with Crippen molar-refractivity contribution in [2.75, 3.05) is 44.8 Å². The van der Waals surface area contributed by atoms with Crippen molar-refractivity contribution >= 4 is 11.6 Å². The Labute approximate surface area is 176 Å². The highest BCUT2D eigenvalue weighted by molar-refractivity contribution is 5.80. The van der Waals surface area contributed by atoms with Crippen LogP contribution in [0.1, 0.15) is 52.9 Å². The van der Waals surface area contributed by atoms with Gasteiger partial charge in [0.25, 0.3) is 0 Å². The number of aliphatic imine (C=N–C) groups is 1. The van der Waals surface area contributed by atoms with Crippen molar-refractivity contribution in [3.05, 3.63) is 24.3 Å². The number of nitrogens with one attached hydrogen (secondary N) is 2. The molecule has 0 amide bonds. The summed E-state index contributed by atoms with van der Waals surface area (Å²) in [6.07, 6.45) is 5.11. The van der Waals surface area contributed by atoms with E-state index < -0.39 is 0 Å². The Morgan fingerprint density at radius 3 is 2.69 bits per heavy atom. The zero-order valence-corrected chi connectivity index (χ0v) is 18.7. The summed E-state index contributed by atoms with van der Waals surface area (Å²) in [5.41, 5.74) is 1.23. The molecule has 0 radical (unpaired) electrons. The molecule has 1 heterocycles. The second-order valence-corrected chi connectivity index (χ2v) is 7.98. The molecule has 29 heavy (non-hydrogen) atoms. The van der Waals surface area contributed by atoms with Gasteiger partial charge in [0.15, 0.2) is 5.96 Å². The van der Waals surface area contributed by atoms with Crippen LogP contribution in [0.2, 0.25) is 0 Å². The molecule has 6 heteroatoms. The Hall–Kier alpha value is -1.95. The van der Waals surface area contributed by atoms with E-state index in [0.717, 1.165) is 75.7 Å². The molecule has 0 aromatic heterocycles. The third-order valence-corrected chi connectivity index (χ3v) is 6.25. The lowest BCUT2D eigenvalue weighted by molar-refractivity contribution is 0.175. The molecule has 1 unspecified atom stereocenters. The van der Waals surface area contributed by atoms with E-state index in [0.29, 0.717) is 6.04 Å². The number of methoxy groups -OCH3 is 1. The van der Waals surface area contributed by atoms with E-state index in [1.54, 1.807) is 7.11 Å². The molecule has 1 aromatic rings. The minimum Gasteiger partial charge on any atom is -0.495 e. The molecule has 1 aliphatic heterocycles. The molecule has 2 rings (SSSR count). The number of aliphatic hydroxyl groups is 1. The summed E-state index contributed by atoms with van der Waals surface area (Å²) in [4.78, 5) is 7.31. The number of para-hydroxylation sites is 2. The molecule has 1 saturated heterocycles. The van der Waals surface area contributed by atoms with Gasteiger partial charge in [-0.15, -0.1) is 0 Å². The van der Waals surface area contributed by atoms with Crippen LogP contribution in [0.4, 0.5) is 5.69 Å². The average Bonchev–Trinajstić information content (AvgIpc) is 2.77. The number of rotatable bonds is 10. The van der Waals surface area contributed by atoms with E-state index in [1.165, 1.54) is 0 Å². The molecule has 1 fully saturated rings. The first-order chi connectivity index (χ1) is 14.1. The zero-order valence-electron chi connectivity index (χ0n) is 18.7. The summed E-state index contributed by atoms with van der Waals surface area (Å²) >= 11 is 0. The highest BCUT2D eigenvalue weighted by atomic mass is 16.5. The molecule has 164 valence electrons. The summed E-state index contributed by atoms with van der Waals surface area (Å²) in [5.74, 6) is 1.80. The highest BCUT2D eigenvalue weighted by Gasteiger charge is 2.26. The van der Waals surface area contributed by atoms with Crippen LogP contribution in [-0.4, -0.2) is 57.0 Å². The number of hydrogen-bond donors (Lipinski definition) is 3. The van der Waals surface area contributed by atoms with Crippen LogP contribution >= 0.6 is 0 Å². The Kier molecular flexibility index (Phi) is 9.58. The van der Waals surface area contributed by atoms with Gasteiger partial charge in [0.1, 0.15) is 5.75 Å². The first-order valence-corrected chi connectivity index (χ1v) is 11.1. The molecule has 0 bridgehead atoms. The standard InChI is InChI=1S/C23H40N4O2/c1-5-23(6-2,14-16-28)18-25-22(24-7-3)26-19-11-10-15-27(17-19)20-12-8-9-13-21(20)29-4/h8-9,12-13,19,28H,5-7,10-11,14-18H2,1-4H3,(H2,24,25,26). The molecule has 0 aliphatic carbocycles. The van der Waals surface area contributed by atoms with E-state index in [4.69, 9.17) is 9.73 Å². The maximum Gasteiger partial charge on any atom is 0.191 e. The maximum atomic E-state index is 9.48. The van der Waals surface area contributed by atoms with Crippen LogP contribution in [0.25, 0.3) is 0 Å². The summed E-state index contributed by atoms with van der Waals surface area (Å²) in [6, 6.07) is 8.57. The zero-order chi connectivity index (χ0) is 21.1. The SMILES string of the molecule is CCNC(=NCC(CC)(CC)CCO)NC1CCCN(c2ccccc2OC)C1. The molecule has 1 aromatic carbocycles. The largest absolute Gasteiger partial charge is 0.495 e. The molecule has 3 N–H and O–H groups in total. The monoisotopic (exact) mass is 404 g/mol. The number of ether oxygens (including phenoxy) is 1. The van der Waals surface area contributed by atoms with Crippen LogP contribution in [0.3, 0.4) is 0 Å². The molecule has 1 aliphatic rings. The van der Waals surface area contributed by atoms with Crippen molar-refractivity contribution in [1.29, 1.82) is 0 Å². The molecular weight excluding hydrogens is 364 g/mol. The molecule has 0 saturated carbocycles. The Balaban J connectivity index is 2.07. The fourth-order valence-corrected chi connectivity index (χ4v) is 4.11. The number of guanidine groups is 1. The van der Waals surface area contributed by atoms with Gasteiger partial charge in [-0.1, -0.05) is 26.0 Å². The maximum absolute atomic E-state index is 9.48. The number of benzene rings is 1. The predicted molar refractivity (Wildman–Crippen MR) is 122 cm³/mol. The lowest BCUT2D eigenvalue weighted by Crippen LogP contribution is -2.51. The lowest BCUT2D eigenvalue weighted by Gasteiger charge is -2.36. The van der Waals surface area contributed by atoms with Crippen molar-refractivity contribution in [3.63, 3.8) is 0 Å². The van der Waals surface area contributed by atoms with Crippen molar-refractivity contribution in [3.8, 4) is 5.75 Å². The van der Waals surface area contributed by atoms with Gasteiger partial charge in [-0.05, 0) is 56.6 Å². The van der Waals surface area contributed by atoms with Gasteiger partial charge in [-0.25, -0.2) is 0 Å². The van der Waals surface area contributed by atoms with Gasteiger partial charge in [0, 0.05) is 38.8 Å². The van der Waals surface area contributed by atoms with Crippen LogP contribution < -0.4 is 20.3 Å². The van der Waals surface area contributed by atoms with Gasteiger partial charge in [-0.3, -0.25) is 4.99 Å². The third kappa shape index (κ3) is 6.53. The quantitative estimate of drug-likeness (QED) is 0.412. The van der Waals surface area contributed by atoms with Gasteiger partial charge in [0.05, 0.1) is 12.8 Å². The molecule has 0 spiro atoms. The van der Waals surface area contributed by atoms with Gasteiger partial charge in [-0.2, -0.15) is 0 Å². The van der Waals surface area contributed by atoms with Crippen LogP contribution in [0.15, 0.2) is 29.3 Å². The Morgan fingerprint density at radius 1 is 1.28 bits per heavy atom. The number of hydrogen-bond acceptors (Lipinski definition) is 4. The molecule has 6 nitrogen and oxygen atoms in total. The number of piperidine rings is 1. The second-order valence-electron chi connectivity index (χ2n) is 7.98. The van der Waals surface area contributed by atoms with E-state index >= 15 is 0 Å². The summed E-state index contributed by atoms with van der Waals surface area (Å²) in [5, 5.41) is 16.5. The van der Waals surface area contributed by atoms with Crippen molar-refractivity contribution in [1.82, 2.24) is 10.6 Å². The first kappa shape index (κ1) is 23.3. The summed E-state index contributed by atoms with van der Waals surface area (Å²) in [6.45, 7) is 10.2. The lowest BCUT2D eigenvalue weighted by atomic mass is 9.79. The minimum absolute atomic E-state index is 0.0765. The number of aliphatic hydroxyl groups excluding tert-OH is 1. The van der Waals surface area contributed by atoms with Crippen LogP contribution in [-0.2, 0) is 0 Å². The fourth-order valence-electron chi connectivity index (χ4n) is 4.11. The predicted octanol–water partition coefficient (Wildman–Crippen LogP) is 3.41. The highest BCUT2D eigenvalue weighted by Crippen LogP contribution is 2.31. The summed E-state index contributed by atoms with van der Waals surface area (Å²) < 4.78 is 5.56. The van der Waals surface area contributed by atoms with E-state index in [1.807, 2.05) is 12.1 Å². The normalized spacial score (nSPS) is 17.9. The Bertz CT molecular complexity index is 631. The molecule has 1 atom stereocenters. The first-order valence-electron chi connectivity index (χ1n) is 11.1. The van der Waals surface area contributed by atoms with E-state index in [9.17, 15) is 5.11 Å². The minimum atomic E-state index is 0.0765. The van der Waals surface area contributed by atoms with Crippen LogP contribution in [0.5, 0.6) is 5.75 Å².